The van der Waals surface area contributed by atoms with Crippen molar-refractivity contribution >= 4 is 23.5 Å². The zero-order chi connectivity index (χ0) is 20.3. The molecule has 2 aromatic heterocycles. The second-order valence-electron chi connectivity index (χ2n) is 6.52. The van der Waals surface area contributed by atoms with E-state index < -0.39 is 5.82 Å². The molecule has 1 aromatic carbocycles. The summed E-state index contributed by atoms with van der Waals surface area (Å²) in [5.41, 5.74) is 3.77. The molecule has 0 aliphatic rings. The van der Waals surface area contributed by atoms with Crippen LogP contribution in [0.15, 0.2) is 36.5 Å². The quantitative estimate of drug-likeness (QED) is 0.332. The van der Waals surface area contributed by atoms with Gasteiger partial charge in [0.05, 0.1) is 17.9 Å². The number of aryl methyl sites for hydroxylation is 2. The van der Waals surface area contributed by atoms with Crippen LogP contribution in [0.1, 0.15) is 34.2 Å². The van der Waals surface area contributed by atoms with Crippen LogP contribution >= 0.6 is 0 Å². The average Bonchev–Trinajstić information content (AvgIpc) is 3.04. The van der Waals surface area contributed by atoms with Gasteiger partial charge in [-0.25, -0.2) is 15.2 Å². The van der Waals surface area contributed by atoms with Crippen molar-refractivity contribution in [1.82, 2.24) is 14.7 Å². The summed E-state index contributed by atoms with van der Waals surface area (Å²) in [6, 6.07) is 8.40. The Morgan fingerprint density at radius 2 is 2.18 bits per heavy atom. The second-order valence-corrected chi connectivity index (χ2v) is 6.52. The van der Waals surface area contributed by atoms with Crippen LogP contribution in [0.5, 0.6) is 0 Å². The van der Waals surface area contributed by atoms with Crippen molar-refractivity contribution in [1.29, 1.82) is 5.41 Å². The second kappa shape index (κ2) is 8.18. The topological polar surface area (TPSA) is 99.5 Å². The Hall–Kier alpha value is -3.26. The molecule has 0 unspecified atom stereocenters. The molecule has 0 saturated heterocycles. The summed E-state index contributed by atoms with van der Waals surface area (Å²) in [4.78, 5) is 17.3. The third kappa shape index (κ3) is 3.86. The van der Waals surface area contributed by atoms with Crippen molar-refractivity contribution in [3.8, 4) is 0 Å². The van der Waals surface area contributed by atoms with Crippen LogP contribution < -0.4 is 16.2 Å². The number of carbonyl (C=O) groups is 1. The van der Waals surface area contributed by atoms with Gasteiger partial charge in [-0.3, -0.25) is 9.20 Å². The van der Waals surface area contributed by atoms with E-state index in [0.717, 1.165) is 28.1 Å². The van der Waals surface area contributed by atoms with E-state index in [0.29, 0.717) is 17.7 Å². The van der Waals surface area contributed by atoms with E-state index in [1.807, 2.05) is 32.2 Å². The lowest BCUT2D eigenvalue weighted by atomic mass is 10.2. The maximum atomic E-state index is 14.3. The molecule has 8 heteroatoms. The van der Waals surface area contributed by atoms with Crippen molar-refractivity contribution < 1.29 is 9.18 Å². The number of fused-ring (bicyclic) bond motifs is 1. The molecule has 0 saturated carbocycles. The van der Waals surface area contributed by atoms with Crippen molar-refractivity contribution in [2.75, 3.05) is 11.6 Å². The van der Waals surface area contributed by atoms with Crippen LogP contribution in [0.25, 0.3) is 5.65 Å². The number of halogens is 1. The lowest BCUT2D eigenvalue weighted by molar-refractivity contribution is 0.0944. The van der Waals surface area contributed by atoms with Crippen molar-refractivity contribution in [2.24, 2.45) is 5.84 Å². The molecule has 0 fully saturated rings. The SMILES string of the molecule is CCc1nc2ccc(C)cn2c1C(=O)NCc1ccc(N(N)CC=N)c(F)c1. The highest BCUT2D eigenvalue weighted by Crippen LogP contribution is 2.19. The predicted octanol–water partition coefficient (Wildman–Crippen LogP) is 2.60. The van der Waals surface area contributed by atoms with Gasteiger partial charge in [0.25, 0.3) is 5.91 Å². The van der Waals surface area contributed by atoms with Gasteiger partial charge in [-0.15, -0.1) is 0 Å². The summed E-state index contributed by atoms with van der Waals surface area (Å²) in [6.45, 7) is 4.19. The molecular formula is C20H23FN6O. The van der Waals surface area contributed by atoms with E-state index in [1.165, 1.54) is 12.1 Å². The lowest BCUT2D eigenvalue weighted by Crippen LogP contribution is -2.33. The van der Waals surface area contributed by atoms with E-state index in [1.54, 1.807) is 10.5 Å². The predicted molar refractivity (Wildman–Crippen MR) is 107 cm³/mol. The molecule has 7 nitrogen and oxygen atoms in total. The summed E-state index contributed by atoms with van der Waals surface area (Å²) in [5, 5.41) is 11.0. The number of nitrogens with one attached hydrogen (secondary N) is 2. The molecule has 1 amide bonds. The maximum Gasteiger partial charge on any atom is 0.270 e. The Morgan fingerprint density at radius 1 is 1.39 bits per heavy atom. The van der Waals surface area contributed by atoms with Gasteiger partial charge in [-0.1, -0.05) is 19.1 Å². The van der Waals surface area contributed by atoms with Crippen LogP contribution in [0, 0.1) is 18.2 Å². The Kier molecular flexibility index (Phi) is 5.70. The van der Waals surface area contributed by atoms with Gasteiger partial charge in [0.1, 0.15) is 17.2 Å². The number of anilines is 1. The van der Waals surface area contributed by atoms with Crippen molar-refractivity contribution in [2.45, 2.75) is 26.8 Å². The maximum absolute atomic E-state index is 14.3. The van der Waals surface area contributed by atoms with Crippen LogP contribution in [0.2, 0.25) is 0 Å². The summed E-state index contributed by atoms with van der Waals surface area (Å²) < 4.78 is 16.1. The van der Waals surface area contributed by atoms with Crippen LogP contribution in [0.4, 0.5) is 10.1 Å². The van der Waals surface area contributed by atoms with Crippen LogP contribution in [-0.2, 0) is 13.0 Å². The van der Waals surface area contributed by atoms with Gasteiger partial charge in [0.15, 0.2) is 0 Å². The van der Waals surface area contributed by atoms with E-state index in [9.17, 15) is 9.18 Å². The fourth-order valence-corrected chi connectivity index (χ4v) is 3.04. The van der Waals surface area contributed by atoms with Gasteiger partial charge in [-0.2, -0.15) is 0 Å². The molecule has 0 bridgehead atoms. The zero-order valence-corrected chi connectivity index (χ0v) is 15.9. The molecule has 0 atom stereocenters. The highest BCUT2D eigenvalue weighted by atomic mass is 19.1. The molecule has 3 rings (SSSR count). The summed E-state index contributed by atoms with van der Waals surface area (Å²) >= 11 is 0. The van der Waals surface area contributed by atoms with Gasteiger partial charge in [-0.05, 0) is 42.7 Å². The number of rotatable bonds is 7. The third-order valence-corrected chi connectivity index (χ3v) is 4.45. The Balaban J connectivity index is 1.79. The number of pyridine rings is 1. The monoisotopic (exact) mass is 382 g/mol. The standard InChI is InChI=1S/C20H23FN6O/c1-3-16-19(26-12-13(2)4-7-18(26)25-16)20(28)24-11-14-5-6-17(15(21)10-14)27(23)9-8-22/h4-8,10,12,22H,3,9,11,23H2,1-2H3,(H,24,28). The van der Waals surface area contributed by atoms with E-state index in [4.69, 9.17) is 11.3 Å². The summed E-state index contributed by atoms with van der Waals surface area (Å²) in [5.74, 6) is 4.94. The molecule has 2 heterocycles. The Bertz CT molecular complexity index is 1030. The third-order valence-electron chi connectivity index (χ3n) is 4.45. The minimum absolute atomic E-state index is 0.112. The molecule has 28 heavy (non-hydrogen) atoms. The molecule has 0 aliphatic heterocycles. The molecule has 0 aliphatic carbocycles. The normalized spacial score (nSPS) is 10.9. The molecule has 3 aromatic rings. The zero-order valence-electron chi connectivity index (χ0n) is 15.9. The van der Waals surface area contributed by atoms with Gasteiger partial charge in [0, 0.05) is 19.0 Å². The number of hydrazine groups is 1. The number of nitrogens with zero attached hydrogens (tertiary/aromatic N) is 3. The Morgan fingerprint density at radius 3 is 2.86 bits per heavy atom. The summed E-state index contributed by atoms with van der Waals surface area (Å²) in [6.07, 6.45) is 3.60. The van der Waals surface area contributed by atoms with E-state index >= 15 is 0 Å². The summed E-state index contributed by atoms with van der Waals surface area (Å²) in [7, 11) is 0. The largest absolute Gasteiger partial charge is 0.347 e. The minimum Gasteiger partial charge on any atom is -0.347 e. The smallest absolute Gasteiger partial charge is 0.270 e. The number of hydrogen-bond acceptors (Lipinski definition) is 5. The number of carbonyl (C=O) groups excluding carboxylic acids is 1. The molecule has 0 spiro atoms. The molecule has 0 radical (unpaired) electrons. The number of imidazole rings is 1. The first-order valence-electron chi connectivity index (χ1n) is 9.00. The van der Waals surface area contributed by atoms with Crippen LogP contribution in [-0.4, -0.2) is 28.1 Å². The van der Waals surface area contributed by atoms with Crippen molar-refractivity contribution in [3.05, 3.63) is 64.9 Å². The van der Waals surface area contributed by atoms with E-state index in [2.05, 4.69) is 10.3 Å². The van der Waals surface area contributed by atoms with Gasteiger partial charge < -0.3 is 15.7 Å². The minimum atomic E-state index is -0.504. The first-order chi connectivity index (χ1) is 13.4. The first kappa shape index (κ1) is 19.5. The average molecular weight is 382 g/mol. The first-order valence-corrected chi connectivity index (χ1v) is 9.00. The fraction of sp³-hybridized carbons (Fsp3) is 0.250. The highest BCUT2D eigenvalue weighted by Gasteiger charge is 2.18. The fourth-order valence-electron chi connectivity index (χ4n) is 3.04. The Labute approximate surface area is 162 Å². The number of benzene rings is 1. The number of hydrogen-bond donors (Lipinski definition) is 3. The van der Waals surface area contributed by atoms with Crippen molar-refractivity contribution in [3.63, 3.8) is 0 Å². The van der Waals surface area contributed by atoms with Gasteiger partial charge >= 0.3 is 0 Å². The number of amides is 1. The highest BCUT2D eigenvalue weighted by molar-refractivity contribution is 5.94. The van der Waals surface area contributed by atoms with Crippen LogP contribution in [0.3, 0.4) is 0 Å². The molecular weight excluding hydrogens is 359 g/mol. The van der Waals surface area contributed by atoms with E-state index in [-0.39, 0.29) is 24.7 Å². The number of aromatic nitrogens is 2. The lowest BCUT2D eigenvalue weighted by Gasteiger charge is -2.17. The molecule has 4 N–H and O–H groups in total. The molecule has 146 valence electrons. The van der Waals surface area contributed by atoms with Gasteiger partial charge in [0.2, 0.25) is 0 Å². The number of nitrogens with two attached hydrogens (primary N) is 1.